The van der Waals surface area contributed by atoms with Crippen molar-refractivity contribution in [3.63, 3.8) is 0 Å². The second-order valence-electron chi connectivity index (χ2n) is 3.72. The zero-order valence-electron chi connectivity index (χ0n) is 7.94. The maximum absolute atomic E-state index is 11.2. The van der Waals surface area contributed by atoms with Crippen molar-refractivity contribution in [1.29, 1.82) is 0 Å². The standard InChI is InChI=1S/C11H13NOS/c13-11(14)9-6-3-7-12-10(9)8-4-1-2-5-8/h3,6-8H,1-2,4-5H2,(H,13,14). The summed E-state index contributed by atoms with van der Waals surface area (Å²) in [6.45, 7) is 0. The number of rotatable bonds is 2. The number of aromatic nitrogens is 1. The Bertz CT molecular complexity index is 345. The van der Waals surface area contributed by atoms with E-state index in [0.717, 1.165) is 18.5 Å². The summed E-state index contributed by atoms with van der Waals surface area (Å²) in [7, 11) is 0. The van der Waals surface area contributed by atoms with E-state index in [2.05, 4.69) is 17.6 Å². The van der Waals surface area contributed by atoms with Gasteiger partial charge in [-0.1, -0.05) is 12.8 Å². The second-order valence-corrected chi connectivity index (χ2v) is 4.13. The van der Waals surface area contributed by atoms with Crippen molar-refractivity contribution >= 4 is 17.7 Å². The lowest BCUT2D eigenvalue weighted by atomic mass is 9.99. The number of nitrogens with zero attached hydrogens (tertiary/aromatic N) is 1. The zero-order valence-corrected chi connectivity index (χ0v) is 8.83. The lowest BCUT2D eigenvalue weighted by Crippen LogP contribution is -2.04. The first-order valence-corrected chi connectivity index (χ1v) is 5.42. The number of thiol groups is 1. The van der Waals surface area contributed by atoms with Gasteiger partial charge in [-0.05, 0) is 25.0 Å². The number of pyridine rings is 1. The van der Waals surface area contributed by atoms with Crippen LogP contribution in [0.5, 0.6) is 0 Å². The van der Waals surface area contributed by atoms with E-state index >= 15 is 0 Å². The van der Waals surface area contributed by atoms with Gasteiger partial charge in [-0.25, -0.2) is 0 Å². The van der Waals surface area contributed by atoms with E-state index in [1.165, 1.54) is 12.8 Å². The molecular weight excluding hydrogens is 194 g/mol. The summed E-state index contributed by atoms with van der Waals surface area (Å²) < 4.78 is 0. The van der Waals surface area contributed by atoms with Crippen LogP contribution < -0.4 is 0 Å². The Hall–Kier alpha value is -0.830. The molecule has 14 heavy (non-hydrogen) atoms. The molecule has 0 saturated heterocycles. The molecule has 0 N–H and O–H groups in total. The predicted molar refractivity (Wildman–Crippen MR) is 58.8 cm³/mol. The third-order valence-corrected chi connectivity index (χ3v) is 3.05. The van der Waals surface area contributed by atoms with Crippen LogP contribution in [0.1, 0.15) is 47.7 Å². The summed E-state index contributed by atoms with van der Waals surface area (Å²) in [4.78, 5) is 15.6. The molecule has 74 valence electrons. The maximum Gasteiger partial charge on any atom is 0.218 e. The minimum atomic E-state index is -0.167. The van der Waals surface area contributed by atoms with Crippen LogP contribution in [0, 0.1) is 0 Å². The Morgan fingerprint density at radius 2 is 2.14 bits per heavy atom. The van der Waals surface area contributed by atoms with Gasteiger partial charge in [0.2, 0.25) is 5.12 Å². The lowest BCUT2D eigenvalue weighted by Gasteiger charge is -2.11. The predicted octanol–water partition coefficient (Wildman–Crippen LogP) is 2.81. The highest BCUT2D eigenvalue weighted by Crippen LogP contribution is 2.34. The van der Waals surface area contributed by atoms with Gasteiger partial charge >= 0.3 is 0 Å². The molecule has 0 atom stereocenters. The van der Waals surface area contributed by atoms with Crippen molar-refractivity contribution in [2.75, 3.05) is 0 Å². The average molecular weight is 207 g/mol. The quantitative estimate of drug-likeness (QED) is 0.756. The van der Waals surface area contributed by atoms with Gasteiger partial charge in [-0.2, -0.15) is 0 Å². The minimum absolute atomic E-state index is 0.167. The number of carbonyl (C=O) groups excluding carboxylic acids is 1. The fourth-order valence-electron chi connectivity index (χ4n) is 2.12. The Balaban J connectivity index is 2.35. The van der Waals surface area contributed by atoms with Crippen LogP contribution in [-0.2, 0) is 0 Å². The van der Waals surface area contributed by atoms with Crippen LogP contribution >= 0.6 is 12.6 Å². The monoisotopic (exact) mass is 207 g/mol. The van der Waals surface area contributed by atoms with Gasteiger partial charge in [0.05, 0.1) is 11.3 Å². The molecule has 1 fully saturated rings. The SMILES string of the molecule is O=C(S)c1cccnc1C1CCCC1. The van der Waals surface area contributed by atoms with E-state index in [9.17, 15) is 4.79 Å². The first-order valence-electron chi connectivity index (χ1n) is 4.97. The van der Waals surface area contributed by atoms with E-state index in [4.69, 9.17) is 0 Å². The van der Waals surface area contributed by atoms with Crippen LogP contribution in [0.15, 0.2) is 18.3 Å². The fraction of sp³-hybridized carbons (Fsp3) is 0.455. The average Bonchev–Trinajstić information content (AvgIpc) is 2.70. The highest BCUT2D eigenvalue weighted by atomic mass is 32.1. The van der Waals surface area contributed by atoms with Gasteiger partial charge in [-0.15, -0.1) is 12.6 Å². The minimum Gasteiger partial charge on any atom is -0.282 e. The molecule has 1 aliphatic rings. The molecule has 0 radical (unpaired) electrons. The Kier molecular flexibility index (Phi) is 2.87. The van der Waals surface area contributed by atoms with Crippen LogP contribution in [0.25, 0.3) is 0 Å². The van der Waals surface area contributed by atoms with E-state index in [0.29, 0.717) is 11.5 Å². The van der Waals surface area contributed by atoms with Gasteiger partial charge in [-0.3, -0.25) is 9.78 Å². The van der Waals surface area contributed by atoms with Gasteiger partial charge in [0.25, 0.3) is 0 Å². The Morgan fingerprint density at radius 3 is 2.79 bits per heavy atom. The molecule has 1 heterocycles. The first kappa shape index (κ1) is 9.71. The lowest BCUT2D eigenvalue weighted by molar-refractivity contribution is 0.108. The molecule has 0 amide bonds. The molecule has 0 spiro atoms. The molecule has 0 aromatic carbocycles. The summed E-state index contributed by atoms with van der Waals surface area (Å²) in [5.74, 6) is 0.474. The number of hydrogen-bond acceptors (Lipinski definition) is 2. The summed E-state index contributed by atoms with van der Waals surface area (Å²) >= 11 is 3.87. The van der Waals surface area contributed by atoms with Gasteiger partial charge in [0, 0.05) is 12.1 Å². The number of hydrogen-bond donors (Lipinski definition) is 1. The van der Waals surface area contributed by atoms with Crippen molar-refractivity contribution in [2.24, 2.45) is 0 Å². The summed E-state index contributed by atoms with van der Waals surface area (Å²) in [5.41, 5.74) is 1.63. The summed E-state index contributed by atoms with van der Waals surface area (Å²) in [5, 5.41) is -0.167. The summed E-state index contributed by atoms with van der Waals surface area (Å²) in [6, 6.07) is 3.61. The van der Waals surface area contributed by atoms with Crippen LogP contribution in [0.3, 0.4) is 0 Å². The third-order valence-electron chi connectivity index (χ3n) is 2.81. The topological polar surface area (TPSA) is 30.0 Å². The van der Waals surface area contributed by atoms with Gasteiger partial charge in [0.15, 0.2) is 0 Å². The van der Waals surface area contributed by atoms with E-state index in [-0.39, 0.29) is 5.12 Å². The van der Waals surface area contributed by atoms with Gasteiger partial charge in [0.1, 0.15) is 0 Å². The zero-order chi connectivity index (χ0) is 9.97. The maximum atomic E-state index is 11.2. The molecule has 1 saturated carbocycles. The molecule has 0 bridgehead atoms. The molecule has 1 aliphatic carbocycles. The van der Waals surface area contributed by atoms with Crippen molar-refractivity contribution < 1.29 is 4.79 Å². The van der Waals surface area contributed by atoms with Crippen molar-refractivity contribution in [2.45, 2.75) is 31.6 Å². The fourth-order valence-corrected chi connectivity index (χ4v) is 2.31. The smallest absolute Gasteiger partial charge is 0.218 e. The molecule has 3 heteroatoms. The first-order chi connectivity index (χ1) is 6.79. The van der Waals surface area contributed by atoms with Gasteiger partial charge < -0.3 is 0 Å². The van der Waals surface area contributed by atoms with Crippen molar-refractivity contribution in [1.82, 2.24) is 4.98 Å². The van der Waals surface area contributed by atoms with Crippen LogP contribution in [-0.4, -0.2) is 10.1 Å². The second kappa shape index (κ2) is 4.13. The van der Waals surface area contributed by atoms with E-state index in [1.807, 2.05) is 6.07 Å². The largest absolute Gasteiger partial charge is 0.282 e. The molecular formula is C11H13NOS. The highest BCUT2D eigenvalue weighted by Gasteiger charge is 2.22. The molecule has 0 aliphatic heterocycles. The highest BCUT2D eigenvalue weighted by molar-refractivity contribution is 7.97. The Labute approximate surface area is 89.2 Å². The molecule has 1 aromatic heterocycles. The van der Waals surface area contributed by atoms with E-state index in [1.54, 1.807) is 12.3 Å². The molecule has 2 rings (SSSR count). The van der Waals surface area contributed by atoms with E-state index < -0.39 is 0 Å². The third kappa shape index (κ3) is 1.82. The van der Waals surface area contributed by atoms with Crippen molar-refractivity contribution in [3.8, 4) is 0 Å². The van der Waals surface area contributed by atoms with Crippen molar-refractivity contribution in [3.05, 3.63) is 29.6 Å². The molecule has 2 nitrogen and oxygen atoms in total. The van der Waals surface area contributed by atoms with Crippen LogP contribution in [0.4, 0.5) is 0 Å². The molecule has 1 aromatic rings. The molecule has 0 unspecified atom stereocenters. The Morgan fingerprint density at radius 1 is 1.43 bits per heavy atom. The summed E-state index contributed by atoms with van der Waals surface area (Å²) in [6.07, 6.45) is 6.58. The number of carbonyl (C=O) groups is 1. The normalized spacial score (nSPS) is 17.2. The van der Waals surface area contributed by atoms with Crippen LogP contribution in [0.2, 0.25) is 0 Å².